The number of methoxy groups -OCH3 is 1. The van der Waals surface area contributed by atoms with Crippen molar-refractivity contribution in [3.8, 4) is 5.75 Å². The first kappa shape index (κ1) is 15.3. The van der Waals surface area contributed by atoms with Gasteiger partial charge in [0.1, 0.15) is 0 Å². The number of para-hydroxylation sites is 1. The molecule has 0 aromatic heterocycles. The third-order valence-corrected chi connectivity index (χ3v) is 2.95. The van der Waals surface area contributed by atoms with Gasteiger partial charge >= 0.3 is 0 Å². The van der Waals surface area contributed by atoms with Crippen LogP contribution in [0.5, 0.6) is 5.75 Å². The third-order valence-electron chi connectivity index (χ3n) is 2.95. The van der Waals surface area contributed by atoms with Crippen molar-refractivity contribution in [2.24, 2.45) is 0 Å². The van der Waals surface area contributed by atoms with Crippen LogP contribution in [0, 0.1) is 0 Å². The van der Waals surface area contributed by atoms with Crippen molar-refractivity contribution in [2.75, 3.05) is 33.1 Å². The van der Waals surface area contributed by atoms with Gasteiger partial charge in [0.15, 0.2) is 5.75 Å². The summed E-state index contributed by atoms with van der Waals surface area (Å²) in [4.78, 5) is 14.1. The molecule has 2 N–H and O–H groups in total. The molecule has 1 aromatic rings. The van der Waals surface area contributed by atoms with Crippen molar-refractivity contribution in [1.82, 2.24) is 4.90 Å². The number of nitrogens with two attached hydrogens (primary N) is 1. The number of ether oxygens (including phenoxy) is 2. The molecule has 1 rings (SSSR count). The minimum absolute atomic E-state index is 0.0200. The predicted octanol–water partition coefficient (Wildman–Crippen LogP) is 1.77. The molecule has 5 heteroatoms. The number of carbonyl (C=O) groups excluding carboxylic acids is 1. The highest BCUT2D eigenvalue weighted by atomic mass is 16.5. The smallest absolute Gasteiger partial charge is 0.257 e. The lowest BCUT2D eigenvalue weighted by atomic mass is 10.1. The summed E-state index contributed by atoms with van der Waals surface area (Å²) in [6.45, 7) is 4.73. The first-order valence-corrected chi connectivity index (χ1v) is 6.30. The van der Waals surface area contributed by atoms with Crippen LogP contribution in [0.4, 0.5) is 5.69 Å². The number of amides is 1. The van der Waals surface area contributed by atoms with E-state index in [-0.39, 0.29) is 11.9 Å². The number of hydrogen-bond acceptors (Lipinski definition) is 4. The Morgan fingerprint density at radius 1 is 1.47 bits per heavy atom. The molecule has 0 radical (unpaired) electrons. The number of carbonyl (C=O) groups is 1. The number of rotatable bonds is 6. The fraction of sp³-hybridized carbons (Fsp3) is 0.500. The molecule has 0 aliphatic rings. The van der Waals surface area contributed by atoms with Crippen LogP contribution in [-0.4, -0.2) is 44.2 Å². The Labute approximate surface area is 114 Å². The van der Waals surface area contributed by atoms with Gasteiger partial charge < -0.3 is 20.1 Å². The second kappa shape index (κ2) is 6.99. The van der Waals surface area contributed by atoms with Crippen molar-refractivity contribution in [1.29, 1.82) is 0 Å². The Kier molecular flexibility index (Phi) is 5.63. The first-order chi connectivity index (χ1) is 9.02. The number of hydrogen-bond donors (Lipinski definition) is 1. The molecule has 1 aromatic carbocycles. The van der Waals surface area contributed by atoms with E-state index in [2.05, 4.69) is 0 Å². The first-order valence-electron chi connectivity index (χ1n) is 6.30. The molecule has 106 valence electrons. The molecular formula is C14H22N2O3. The second-order valence-electron chi connectivity index (χ2n) is 4.38. The van der Waals surface area contributed by atoms with E-state index in [0.29, 0.717) is 30.2 Å². The van der Waals surface area contributed by atoms with Gasteiger partial charge in [0.25, 0.3) is 5.91 Å². The zero-order chi connectivity index (χ0) is 14.4. The maximum absolute atomic E-state index is 12.4. The summed E-state index contributed by atoms with van der Waals surface area (Å²) in [6, 6.07) is 5.17. The molecule has 1 unspecified atom stereocenters. The van der Waals surface area contributed by atoms with Crippen LogP contribution in [0.2, 0.25) is 0 Å². The zero-order valence-electron chi connectivity index (χ0n) is 12.0. The molecule has 0 spiro atoms. The molecule has 1 amide bonds. The van der Waals surface area contributed by atoms with E-state index in [9.17, 15) is 4.79 Å². The standard InChI is InChI=1S/C14H22N2O3/c1-5-19-13-11(7-6-8-12(13)15)14(17)16(3)10(2)9-18-4/h6-8,10H,5,9,15H2,1-4H3. The highest BCUT2D eigenvalue weighted by Crippen LogP contribution is 2.27. The van der Waals surface area contributed by atoms with Gasteiger partial charge in [0, 0.05) is 14.2 Å². The normalized spacial score (nSPS) is 12.0. The highest BCUT2D eigenvalue weighted by Gasteiger charge is 2.21. The molecule has 0 saturated carbocycles. The lowest BCUT2D eigenvalue weighted by Gasteiger charge is -2.25. The van der Waals surface area contributed by atoms with E-state index in [0.717, 1.165) is 0 Å². The fourth-order valence-corrected chi connectivity index (χ4v) is 1.77. The van der Waals surface area contributed by atoms with Crippen LogP contribution in [0.15, 0.2) is 18.2 Å². The van der Waals surface area contributed by atoms with Crippen LogP contribution in [0.1, 0.15) is 24.2 Å². The number of benzene rings is 1. The summed E-state index contributed by atoms with van der Waals surface area (Å²) in [6.07, 6.45) is 0. The Balaban J connectivity index is 3.02. The van der Waals surface area contributed by atoms with Crippen LogP contribution in [0.25, 0.3) is 0 Å². The summed E-state index contributed by atoms with van der Waals surface area (Å²) in [5.41, 5.74) is 6.81. The van der Waals surface area contributed by atoms with E-state index < -0.39 is 0 Å². The average molecular weight is 266 g/mol. The Bertz CT molecular complexity index is 435. The molecule has 1 atom stereocenters. The summed E-state index contributed by atoms with van der Waals surface area (Å²) >= 11 is 0. The largest absolute Gasteiger partial charge is 0.491 e. The summed E-state index contributed by atoms with van der Waals surface area (Å²) in [7, 11) is 3.35. The van der Waals surface area contributed by atoms with Crippen LogP contribution < -0.4 is 10.5 Å². The van der Waals surface area contributed by atoms with Crippen molar-refractivity contribution >= 4 is 11.6 Å². The molecule has 0 aliphatic heterocycles. The lowest BCUT2D eigenvalue weighted by Crippen LogP contribution is -2.38. The zero-order valence-corrected chi connectivity index (χ0v) is 12.0. The number of nitrogen functional groups attached to an aromatic ring is 1. The Morgan fingerprint density at radius 2 is 2.16 bits per heavy atom. The Morgan fingerprint density at radius 3 is 2.74 bits per heavy atom. The van der Waals surface area contributed by atoms with E-state index in [1.165, 1.54) is 0 Å². The molecule has 0 fully saturated rings. The molecular weight excluding hydrogens is 244 g/mol. The fourth-order valence-electron chi connectivity index (χ4n) is 1.77. The van der Waals surface area contributed by atoms with Gasteiger partial charge in [-0.05, 0) is 26.0 Å². The lowest BCUT2D eigenvalue weighted by molar-refractivity contribution is 0.0630. The summed E-state index contributed by atoms with van der Waals surface area (Å²) in [5.74, 6) is 0.326. The SMILES string of the molecule is CCOc1c(N)cccc1C(=O)N(C)C(C)COC. The predicted molar refractivity (Wildman–Crippen MR) is 75.5 cm³/mol. The quantitative estimate of drug-likeness (QED) is 0.797. The van der Waals surface area contributed by atoms with Crippen molar-refractivity contribution in [3.05, 3.63) is 23.8 Å². The van der Waals surface area contributed by atoms with Crippen LogP contribution in [-0.2, 0) is 4.74 Å². The second-order valence-corrected chi connectivity index (χ2v) is 4.38. The number of anilines is 1. The van der Waals surface area contributed by atoms with E-state index in [4.69, 9.17) is 15.2 Å². The third kappa shape index (κ3) is 3.61. The minimum Gasteiger partial charge on any atom is -0.491 e. The van der Waals surface area contributed by atoms with Gasteiger partial charge in [-0.25, -0.2) is 0 Å². The minimum atomic E-state index is -0.125. The van der Waals surface area contributed by atoms with Crippen molar-refractivity contribution in [2.45, 2.75) is 19.9 Å². The summed E-state index contributed by atoms with van der Waals surface area (Å²) in [5, 5.41) is 0. The highest BCUT2D eigenvalue weighted by molar-refractivity contribution is 5.98. The van der Waals surface area contributed by atoms with Gasteiger partial charge in [-0.15, -0.1) is 0 Å². The van der Waals surface area contributed by atoms with Gasteiger partial charge in [0.2, 0.25) is 0 Å². The molecule has 5 nitrogen and oxygen atoms in total. The van der Waals surface area contributed by atoms with Crippen molar-refractivity contribution < 1.29 is 14.3 Å². The topological polar surface area (TPSA) is 64.8 Å². The maximum atomic E-state index is 12.4. The van der Waals surface area contributed by atoms with E-state index in [1.54, 1.807) is 37.3 Å². The van der Waals surface area contributed by atoms with E-state index in [1.807, 2.05) is 13.8 Å². The van der Waals surface area contributed by atoms with Gasteiger partial charge in [-0.2, -0.15) is 0 Å². The van der Waals surface area contributed by atoms with Crippen LogP contribution in [0.3, 0.4) is 0 Å². The van der Waals surface area contributed by atoms with Gasteiger partial charge in [-0.3, -0.25) is 4.79 Å². The molecule has 0 saturated heterocycles. The number of nitrogens with zero attached hydrogens (tertiary/aromatic N) is 1. The van der Waals surface area contributed by atoms with Gasteiger partial charge in [0.05, 0.1) is 30.5 Å². The Hall–Kier alpha value is -1.75. The summed E-state index contributed by atoms with van der Waals surface area (Å²) < 4.78 is 10.5. The number of likely N-dealkylation sites (N-methyl/N-ethyl adjacent to an activating group) is 1. The molecule has 0 heterocycles. The van der Waals surface area contributed by atoms with Crippen LogP contribution >= 0.6 is 0 Å². The van der Waals surface area contributed by atoms with E-state index >= 15 is 0 Å². The monoisotopic (exact) mass is 266 g/mol. The molecule has 19 heavy (non-hydrogen) atoms. The average Bonchev–Trinajstić information content (AvgIpc) is 2.40. The maximum Gasteiger partial charge on any atom is 0.257 e. The van der Waals surface area contributed by atoms with Gasteiger partial charge in [-0.1, -0.05) is 6.07 Å². The molecule has 0 bridgehead atoms. The molecule has 0 aliphatic carbocycles. The van der Waals surface area contributed by atoms with Crippen molar-refractivity contribution in [3.63, 3.8) is 0 Å².